The van der Waals surface area contributed by atoms with Crippen LogP contribution in [0.3, 0.4) is 0 Å². The molecule has 2 heteroatoms. The van der Waals surface area contributed by atoms with Crippen LogP contribution in [0.2, 0.25) is 0 Å². The van der Waals surface area contributed by atoms with Crippen LogP contribution in [0.15, 0.2) is 24.3 Å². The zero-order chi connectivity index (χ0) is 13.7. The van der Waals surface area contributed by atoms with Gasteiger partial charge in [0.2, 0.25) is 0 Å². The van der Waals surface area contributed by atoms with Gasteiger partial charge in [-0.2, -0.15) is 0 Å². The number of nitrogens with two attached hydrogens (primary N) is 1. The van der Waals surface area contributed by atoms with E-state index >= 15 is 0 Å². The maximum absolute atomic E-state index is 6.28. The Morgan fingerprint density at radius 1 is 1.05 bits per heavy atom. The molecule has 2 N–H and O–H groups in total. The van der Waals surface area contributed by atoms with Crippen molar-refractivity contribution in [3.63, 3.8) is 0 Å². The summed E-state index contributed by atoms with van der Waals surface area (Å²) in [6.45, 7) is 2.21. The van der Waals surface area contributed by atoms with Crippen LogP contribution in [-0.4, -0.2) is 4.57 Å². The van der Waals surface area contributed by atoms with Gasteiger partial charge in [-0.15, -0.1) is 0 Å². The molecule has 1 unspecified atom stereocenters. The molecule has 2 aliphatic carbocycles. The zero-order valence-electron chi connectivity index (χ0n) is 12.2. The fourth-order valence-corrected chi connectivity index (χ4v) is 3.99. The highest BCUT2D eigenvalue weighted by Crippen LogP contribution is 2.34. The van der Waals surface area contributed by atoms with E-state index in [1.165, 1.54) is 48.3 Å². The number of rotatable bonds is 1. The molecule has 2 nitrogen and oxygen atoms in total. The minimum atomic E-state index is 0.230. The maximum atomic E-state index is 6.28. The number of benzene rings is 1. The van der Waals surface area contributed by atoms with E-state index in [2.05, 4.69) is 35.8 Å². The third kappa shape index (κ3) is 1.75. The van der Waals surface area contributed by atoms with Crippen LogP contribution in [0.5, 0.6) is 0 Å². The Kier molecular flexibility index (Phi) is 2.74. The lowest BCUT2D eigenvalue weighted by Crippen LogP contribution is -2.18. The van der Waals surface area contributed by atoms with E-state index in [1.807, 2.05) is 0 Å². The molecule has 0 radical (unpaired) electrons. The highest BCUT2D eigenvalue weighted by Gasteiger charge is 2.23. The first kappa shape index (κ1) is 12.2. The summed E-state index contributed by atoms with van der Waals surface area (Å²) >= 11 is 0. The lowest BCUT2D eigenvalue weighted by atomic mass is 9.93. The second-order valence-electron chi connectivity index (χ2n) is 6.33. The van der Waals surface area contributed by atoms with E-state index in [9.17, 15) is 0 Å². The number of aryl methyl sites for hydroxylation is 3. The van der Waals surface area contributed by atoms with Crippen LogP contribution >= 0.6 is 0 Å². The molecule has 0 spiro atoms. The van der Waals surface area contributed by atoms with Crippen LogP contribution in [0.25, 0.3) is 5.69 Å². The Morgan fingerprint density at radius 2 is 1.90 bits per heavy atom. The number of aromatic nitrogens is 1. The lowest BCUT2D eigenvalue weighted by molar-refractivity contribution is 0.560. The maximum Gasteiger partial charge on any atom is 0.0458 e. The van der Waals surface area contributed by atoms with Crippen molar-refractivity contribution in [1.82, 2.24) is 4.57 Å². The molecule has 0 fully saturated rings. The zero-order valence-corrected chi connectivity index (χ0v) is 12.2. The van der Waals surface area contributed by atoms with Crippen molar-refractivity contribution in [3.05, 3.63) is 52.3 Å². The lowest BCUT2D eigenvalue weighted by Gasteiger charge is -2.21. The fraction of sp³-hybridized carbons (Fsp3) is 0.444. The van der Waals surface area contributed by atoms with Crippen LogP contribution in [-0.2, 0) is 19.3 Å². The van der Waals surface area contributed by atoms with Crippen LogP contribution in [0.4, 0.5) is 0 Å². The number of hydrogen-bond acceptors (Lipinski definition) is 1. The van der Waals surface area contributed by atoms with Crippen LogP contribution in [0.1, 0.15) is 53.4 Å². The molecule has 0 bridgehead atoms. The first-order chi connectivity index (χ1) is 9.74. The Balaban J connectivity index is 1.86. The van der Waals surface area contributed by atoms with Crippen molar-refractivity contribution in [1.29, 1.82) is 0 Å². The number of fused-ring (bicyclic) bond motifs is 2. The van der Waals surface area contributed by atoms with Gasteiger partial charge in [0.15, 0.2) is 0 Å². The van der Waals surface area contributed by atoms with E-state index in [0.717, 1.165) is 12.8 Å². The normalized spacial score (nSPS) is 20.8. The van der Waals surface area contributed by atoms with Gasteiger partial charge >= 0.3 is 0 Å². The summed E-state index contributed by atoms with van der Waals surface area (Å²) in [5.74, 6) is 0. The molecule has 0 saturated heterocycles. The van der Waals surface area contributed by atoms with E-state index in [4.69, 9.17) is 5.73 Å². The molecular formula is C18H22N2. The molecule has 0 saturated carbocycles. The van der Waals surface area contributed by atoms with E-state index < -0.39 is 0 Å². The highest BCUT2D eigenvalue weighted by atomic mass is 15.0. The quantitative estimate of drug-likeness (QED) is 0.840. The first-order valence-corrected chi connectivity index (χ1v) is 7.83. The van der Waals surface area contributed by atoms with E-state index in [0.29, 0.717) is 0 Å². The van der Waals surface area contributed by atoms with Gasteiger partial charge in [-0.1, -0.05) is 6.07 Å². The third-order valence-corrected chi connectivity index (χ3v) is 4.99. The van der Waals surface area contributed by atoms with Crippen molar-refractivity contribution in [2.75, 3.05) is 0 Å². The standard InChI is InChI=1S/C18H22N2/c1-12-10-16-17(19)6-3-7-18(16)20(12)15-9-8-13-4-2-5-14(13)11-15/h8-11,17H,2-7,19H2,1H3. The molecular weight excluding hydrogens is 244 g/mol. The molecule has 1 aromatic carbocycles. The van der Waals surface area contributed by atoms with Crippen molar-refractivity contribution < 1.29 is 0 Å². The predicted molar refractivity (Wildman–Crippen MR) is 82.4 cm³/mol. The van der Waals surface area contributed by atoms with Gasteiger partial charge in [0, 0.05) is 23.1 Å². The first-order valence-electron chi connectivity index (χ1n) is 7.83. The predicted octanol–water partition coefficient (Wildman–Crippen LogP) is 3.61. The molecule has 2 aliphatic rings. The van der Waals surface area contributed by atoms with E-state index in [-0.39, 0.29) is 6.04 Å². The fourth-order valence-electron chi connectivity index (χ4n) is 3.99. The molecule has 1 heterocycles. The van der Waals surface area contributed by atoms with Gasteiger partial charge in [0.1, 0.15) is 0 Å². The molecule has 4 rings (SSSR count). The Morgan fingerprint density at radius 3 is 2.80 bits per heavy atom. The minimum absolute atomic E-state index is 0.230. The van der Waals surface area contributed by atoms with Crippen LogP contribution in [0, 0.1) is 6.92 Å². The summed E-state index contributed by atoms with van der Waals surface area (Å²) in [6, 6.07) is 9.54. The summed E-state index contributed by atoms with van der Waals surface area (Å²) in [5, 5.41) is 0. The van der Waals surface area contributed by atoms with E-state index in [1.54, 1.807) is 11.1 Å². The molecule has 104 valence electrons. The summed E-state index contributed by atoms with van der Waals surface area (Å²) in [5.41, 5.74) is 14.8. The molecule has 2 aromatic rings. The highest BCUT2D eigenvalue weighted by molar-refractivity contribution is 5.48. The van der Waals surface area contributed by atoms with Gasteiger partial charge in [-0.05, 0) is 80.3 Å². The molecule has 0 aliphatic heterocycles. The summed E-state index contributed by atoms with van der Waals surface area (Å²) < 4.78 is 2.44. The smallest absolute Gasteiger partial charge is 0.0458 e. The van der Waals surface area contributed by atoms with Gasteiger partial charge in [-0.3, -0.25) is 0 Å². The number of hydrogen-bond donors (Lipinski definition) is 1. The summed E-state index contributed by atoms with van der Waals surface area (Å²) in [6.07, 6.45) is 7.30. The van der Waals surface area contributed by atoms with Gasteiger partial charge < -0.3 is 10.3 Å². The third-order valence-electron chi connectivity index (χ3n) is 4.99. The second kappa shape index (κ2) is 4.49. The topological polar surface area (TPSA) is 30.9 Å². The largest absolute Gasteiger partial charge is 0.324 e. The Labute approximate surface area is 120 Å². The number of nitrogens with zero attached hydrogens (tertiary/aromatic N) is 1. The SMILES string of the molecule is Cc1cc2c(n1-c1ccc3c(c1)CCC3)CCCC2N. The molecule has 1 aromatic heterocycles. The monoisotopic (exact) mass is 266 g/mol. The van der Waals surface area contributed by atoms with Gasteiger partial charge in [0.25, 0.3) is 0 Å². The van der Waals surface area contributed by atoms with Crippen molar-refractivity contribution in [2.24, 2.45) is 5.73 Å². The van der Waals surface area contributed by atoms with Gasteiger partial charge in [-0.25, -0.2) is 0 Å². The Bertz CT molecular complexity index is 666. The Hall–Kier alpha value is -1.54. The molecule has 0 amide bonds. The molecule has 20 heavy (non-hydrogen) atoms. The van der Waals surface area contributed by atoms with Crippen molar-refractivity contribution in [2.45, 2.75) is 51.5 Å². The summed E-state index contributed by atoms with van der Waals surface area (Å²) in [7, 11) is 0. The average molecular weight is 266 g/mol. The minimum Gasteiger partial charge on any atom is -0.324 e. The van der Waals surface area contributed by atoms with Crippen molar-refractivity contribution >= 4 is 0 Å². The average Bonchev–Trinajstić information content (AvgIpc) is 3.02. The second-order valence-corrected chi connectivity index (χ2v) is 6.33. The van der Waals surface area contributed by atoms with Gasteiger partial charge in [0.05, 0.1) is 0 Å². The van der Waals surface area contributed by atoms with Crippen LogP contribution < -0.4 is 5.73 Å². The summed E-state index contributed by atoms with van der Waals surface area (Å²) in [4.78, 5) is 0. The molecule has 1 atom stereocenters. The van der Waals surface area contributed by atoms with Crippen molar-refractivity contribution in [3.8, 4) is 5.69 Å².